The number of aldehydes is 1. The Morgan fingerprint density at radius 2 is 2.09 bits per heavy atom. The Kier molecular flexibility index (Phi) is 5.29. The van der Waals surface area contributed by atoms with Gasteiger partial charge in [-0.1, -0.05) is 11.6 Å². The van der Waals surface area contributed by atoms with Crippen molar-refractivity contribution in [3.05, 3.63) is 52.8 Å². The first kappa shape index (κ1) is 17.0. The molecule has 6 heteroatoms. The van der Waals surface area contributed by atoms with Crippen molar-refractivity contribution < 1.29 is 35.8 Å². The maximum atomic E-state index is 10.6. The molecule has 108 valence electrons. The summed E-state index contributed by atoms with van der Waals surface area (Å²) in [4.78, 5) is 10.6. The van der Waals surface area contributed by atoms with Gasteiger partial charge >= 0.3 is 29.6 Å². The Hall–Kier alpha value is -1.33. The molecule has 2 aromatic heterocycles. The molecule has 22 heavy (non-hydrogen) atoms. The van der Waals surface area contributed by atoms with Gasteiger partial charge in [0, 0.05) is 29.2 Å². The Balaban J connectivity index is 0.00000132. The van der Waals surface area contributed by atoms with Gasteiger partial charge in [-0.2, -0.15) is 5.10 Å². The van der Waals surface area contributed by atoms with Crippen molar-refractivity contribution in [1.29, 1.82) is 0 Å². The number of carbonyl (C=O) groups is 1. The van der Waals surface area contributed by atoms with Crippen LogP contribution < -0.4 is 29.6 Å². The van der Waals surface area contributed by atoms with Crippen LogP contribution >= 0.6 is 11.6 Å². The zero-order chi connectivity index (χ0) is 15.0. The fourth-order valence-corrected chi connectivity index (χ4v) is 2.76. The molecule has 0 radical (unpaired) electrons. The Bertz CT molecular complexity index is 870. The third-order valence-electron chi connectivity index (χ3n) is 3.46. The number of nitrogens with zero attached hydrogens (tertiary/aromatic N) is 3. The third kappa shape index (κ3) is 2.92. The molecule has 2 heterocycles. The van der Waals surface area contributed by atoms with Crippen molar-refractivity contribution in [1.82, 2.24) is 14.3 Å². The van der Waals surface area contributed by atoms with Crippen LogP contribution in [0.2, 0.25) is 5.02 Å². The predicted molar refractivity (Wildman–Crippen MR) is 86.0 cm³/mol. The van der Waals surface area contributed by atoms with E-state index < -0.39 is 0 Å². The van der Waals surface area contributed by atoms with Gasteiger partial charge in [0.2, 0.25) is 0 Å². The predicted octanol–water partition coefficient (Wildman–Crippen LogP) is 0.654. The summed E-state index contributed by atoms with van der Waals surface area (Å²) in [5.74, 6) is 0.919. The van der Waals surface area contributed by atoms with Gasteiger partial charge in [0.25, 0.3) is 0 Å². The van der Waals surface area contributed by atoms with Gasteiger partial charge in [-0.15, -0.1) is 0 Å². The van der Waals surface area contributed by atoms with E-state index in [-0.39, 0.29) is 31.0 Å². The van der Waals surface area contributed by atoms with Crippen LogP contribution in [0, 0.1) is 6.92 Å². The average Bonchev–Trinajstić information content (AvgIpc) is 2.96. The number of rotatable bonds is 3. The minimum absolute atomic E-state index is 0. The second-order valence-electron chi connectivity index (χ2n) is 4.83. The summed E-state index contributed by atoms with van der Waals surface area (Å²) in [6, 6.07) is 7.78. The molecule has 0 spiro atoms. The second-order valence-corrected chi connectivity index (χ2v) is 5.27. The Labute approximate surface area is 157 Å². The summed E-state index contributed by atoms with van der Waals surface area (Å²) in [7, 11) is 1.89. The molecule has 0 saturated carbocycles. The summed E-state index contributed by atoms with van der Waals surface area (Å²) in [6.45, 7) is 1.93. The van der Waals surface area contributed by atoms with E-state index in [4.69, 9.17) is 11.6 Å². The summed E-state index contributed by atoms with van der Waals surface area (Å²) >= 11 is 6.03. The molecule has 0 unspecified atom stereocenters. The largest absolute Gasteiger partial charge is 1.00 e. The normalized spacial score (nSPS) is 11.0. The molecular formula is C16H15ClN3NaO. The third-order valence-corrected chi connectivity index (χ3v) is 3.69. The average molecular weight is 324 g/mol. The van der Waals surface area contributed by atoms with E-state index in [1.165, 1.54) is 6.08 Å². The van der Waals surface area contributed by atoms with E-state index in [0.717, 1.165) is 34.3 Å². The molecule has 0 fully saturated rings. The number of aromatic nitrogens is 3. The van der Waals surface area contributed by atoms with E-state index in [0.29, 0.717) is 5.02 Å². The molecule has 0 N–H and O–H groups in total. The molecule has 4 nitrogen and oxygen atoms in total. The van der Waals surface area contributed by atoms with E-state index in [9.17, 15) is 4.79 Å². The summed E-state index contributed by atoms with van der Waals surface area (Å²) in [5, 5.41) is 6.22. The topological polar surface area (TPSA) is 39.8 Å². The molecular weight excluding hydrogens is 309 g/mol. The molecule has 0 bridgehead atoms. The molecule has 0 aliphatic carbocycles. The number of allylic oxidation sites excluding steroid dienone is 1. The monoisotopic (exact) mass is 323 g/mol. The van der Waals surface area contributed by atoms with Crippen molar-refractivity contribution >= 4 is 34.9 Å². The van der Waals surface area contributed by atoms with Crippen LogP contribution in [-0.4, -0.2) is 20.6 Å². The standard InChI is InChI=1S/C16H14ClN3O.Na.H/c1-11-14(4-3-9-21)16(19(2)18-11)20-8-7-12-10-13(17)5-6-15(12)20;;/h3-10H,1-2H3;;/q;+1;-1/b4-3+;;. The van der Waals surface area contributed by atoms with Gasteiger partial charge in [0.15, 0.2) is 0 Å². The maximum absolute atomic E-state index is 10.6. The van der Waals surface area contributed by atoms with Gasteiger partial charge in [-0.3, -0.25) is 9.48 Å². The van der Waals surface area contributed by atoms with E-state index >= 15 is 0 Å². The SMILES string of the molecule is Cc1nn(C)c(-n2ccc3cc(Cl)ccc32)c1/C=C/C=O.[H-].[Na+]. The molecule has 3 rings (SSSR count). The number of fused-ring (bicyclic) bond motifs is 1. The van der Waals surface area contributed by atoms with Crippen LogP contribution in [0.5, 0.6) is 0 Å². The Morgan fingerprint density at radius 1 is 1.32 bits per heavy atom. The Morgan fingerprint density at radius 3 is 2.82 bits per heavy atom. The van der Waals surface area contributed by atoms with Gasteiger partial charge in [-0.05, 0) is 43.3 Å². The van der Waals surface area contributed by atoms with Crippen LogP contribution in [0.15, 0.2) is 36.5 Å². The molecule has 1 aromatic carbocycles. The smallest absolute Gasteiger partial charge is 1.00 e. The van der Waals surface area contributed by atoms with Crippen molar-refractivity contribution in [2.24, 2.45) is 7.05 Å². The first-order valence-electron chi connectivity index (χ1n) is 6.54. The number of hydrogen-bond donors (Lipinski definition) is 0. The van der Waals surface area contributed by atoms with Crippen LogP contribution in [-0.2, 0) is 11.8 Å². The van der Waals surface area contributed by atoms with Crippen LogP contribution in [0.25, 0.3) is 22.8 Å². The summed E-state index contributed by atoms with van der Waals surface area (Å²) < 4.78 is 3.87. The maximum Gasteiger partial charge on any atom is 1.00 e. The second kappa shape index (κ2) is 6.84. The van der Waals surface area contributed by atoms with Crippen molar-refractivity contribution in [2.75, 3.05) is 0 Å². The summed E-state index contributed by atoms with van der Waals surface area (Å²) in [5.41, 5.74) is 2.85. The number of hydrogen-bond acceptors (Lipinski definition) is 2. The molecule has 0 aliphatic heterocycles. The molecule has 0 saturated heterocycles. The fourth-order valence-electron chi connectivity index (χ4n) is 2.58. The zero-order valence-corrected chi connectivity index (χ0v) is 15.5. The van der Waals surface area contributed by atoms with Gasteiger partial charge in [-0.25, -0.2) is 0 Å². The van der Waals surface area contributed by atoms with Crippen LogP contribution in [0.3, 0.4) is 0 Å². The molecule has 3 aromatic rings. The first-order chi connectivity index (χ1) is 10.1. The fraction of sp³-hybridized carbons (Fsp3) is 0.125. The van der Waals surface area contributed by atoms with Gasteiger partial charge in [0.05, 0.1) is 11.2 Å². The van der Waals surface area contributed by atoms with E-state index in [1.807, 2.05) is 49.1 Å². The summed E-state index contributed by atoms with van der Waals surface area (Å²) in [6.07, 6.45) is 6.02. The minimum Gasteiger partial charge on any atom is -1.00 e. The van der Waals surface area contributed by atoms with E-state index in [2.05, 4.69) is 9.67 Å². The quantitative estimate of drug-likeness (QED) is 0.403. The van der Waals surface area contributed by atoms with Gasteiger partial charge in [0.1, 0.15) is 12.1 Å². The first-order valence-corrected chi connectivity index (χ1v) is 6.92. The van der Waals surface area contributed by atoms with Crippen LogP contribution in [0.1, 0.15) is 12.7 Å². The molecule has 0 amide bonds. The molecule has 0 atom stereocenters. The number of benzene rings is 1. The zero-order valence-electron chi connectivity index (χ0n) is 13.7. The van der Waals surface area contributed by atoms with Crippen molar-refractivity contribution in [3.8, 4) is 5.82 Å². The van der Waals surface area contributed by atoms with Crippen molar-refractivity contribution in [2.45, 2.75) is 6.92 Å². The number of halogens is 1. The van der Waals surface area contributed by atoms with Gasteiger partial charge < -0.3 is 5.99 Å². The van der Waals surface area contributed by atoms with Crippen LogP contribution in [0.4, 0.5) is 0 Å². The number of carbonyl (C=O) groups excluding carboxylic acids is 1. The van der Waals surface area contributed by atoms with E-state index in [1.54, 1.807) is 6.08 Å². The molecule has 0 aliphatic rings. The number of aryl methyl sites for hydroxylation is 2. The van der Waals surface area contributed by atoms with Crippen molar-refractivity contribution in [3.63, 3.8) is 0 Å². The minimum atomic E-state index is 0.